The van der Waals surface area contributed by atoms with Gasteiger partial charge in [-0.1, -0.05) is 17.5 Å². The van der Waals surface area contributed by atoms with Gasteiger partial charge in [0.15, 0.2) is 11.5 Å². The third-order valence-electron chi connectivity index (χ3n) is 1.97. The first-order valence-electron chi connectivity index (χ1n) is 4.51. The number of aromatic nitrogens is 2. The Morgan fingerprint density at radius 2 is 1.94 bits per heavy atom. The lowest BCUT2D eigenvalue weighted by Gasteiger charge is -2.21. The highest BCUT2D eigenvalue weighted by molar-refractivity contribution is 6.29. The lowest BCUT2D eigenvalue weighted by Crippen LogP contribution is -2.30. The standard InChI is InChI=1S/C10H9ClF3N3/c1-9(2,10(12,13)14)4-3-6-8(15)17-7(11)5-16-6/h5H,1-2H3,(H2,15,17). The van der Waals surface area contributed by atoms with Crippen LogP contribution in [0.4, 0.5) is 19.0 Å². The molecule has 0 aliphatic heterocycles. The van der Waals surface area contributed by atoms with Gasteiger partial charge in [0.25, 0.3) is 0 Å². The second-order valence-electron chi connectivity index (χ2n) is 3.80. The van der Waals surface area contributed by atoms with E-state index in [1.807, 2.05) is 0 Å². The number of nitrogens with two attached hydrogens (primary N) is 1. The van der Waals surface area contributed by atoms with Gasteiger partial charge in [0.05, 0.1) is 6.20 Å². The maximum atomic E-state index is 12.5. The van der Waals surface area contributed by atoms with Crippen LogP contribution in [0, 0.1) is 17.3 Å². The molecule has 0 aliphatic carbocycles. The molecule has 0 saturated carbocycles. The van der Waals surface area contributed by atoms with Crippen molar-refractivity contribution in [3.63, 3.8) is 0 Å². The van der Waals surface area contributed by atoms with Crippen molar-refractivity contribution < 1.29 is 13.2 Å². The molecule has 1 rings (SSSR count). The van der Waals surface area contributed by atoms with Crippen molar-refractivity contribution in [2.24, 2.45) is 5.41 Å². The van der Waals surface area contributed by atoms with Crippen molar-refractivity contribution >= 4 is 17.4 Å². The summed E-state index contributed by atoms with van der Waals surface area (Å²) in [5.41, 5.74) is 3.26. The minimum atomic E-state index is -4.42. The highest BCUT2D eigenvalue weighted by atomic mass is 35.5. The van der Waals surface area contributed by atoms with Crippen LogP contribution in [0.25, 0.3) is 0 Å². The SMILES string of the molecule is CC(C)(C#Cc1ncc(Cl)nc1N)C(F)(F)F. The minimum absolute atomic E-state index is 0.0216. The molecule has 0 saturated heterocycles. The molecule has 0 atom stereocenters. The number of nitrogen functional groups attached to an aromatic ring is 1. The summed E-state index contributed by atoms with van der Waals surface area (Å²) < 4.78 is 37.5. The molecule has 1 aromatic rings. The summed E-state index contributed by atoms with van der Waals surface area (Å²) in [5.74, 6) is 4.24. The Kier molecular flexibility index (Phi) is 3.53. The molecule has 0 fully saturated rings. The van der Waals surface area contributed by atoms with Gasteiger partial charge in [0.2, 0.25) is 0 Å². The fraction of sp³-hybridized carbons (Fsp3) is 0.400. The molecular weight excluding hydrogens is 255 g/mol. The fourth-order valence-electron chi connectivity index (χ4n) is 0.763. The van der Waals surface area contributed by atoms with Crippen molar-refractivity contribution in [2.45, 2.75) is 20.0 Å². The van der Waals surface area contributed by atoms with Gasteiger partial charge in [-0.2, -0.15) is 13.2 Å². The first-order chi connectivity index (χ1) is 7.63. The van der Waals surface area contributed by atoms with Crippen LogP contribution in [0.3, 0.4) is 0 Å². The second kappa shape index (κ2) is 4.41. The van der Waals surface area contributed by atoms with E-state index in [4.69, 9.17) is 17.3 Å². The zero-order valence-electron chi connectivity index (χ0n) is 9.06. The van der Waals surface area contributed by atoms with Crippen LogP contribution >= 0.6 is 11.6 Å². The zero-order valence-corrected chi connectivity index (χ0v) is 9.82. The molecular formula is C10H9ClF3N3. The maximum absolute atomic E-state index is 12.5. The first-order valence-corrected chi connectivity index (χ1v) is 4.89. The molecule has 17 heavy (non-hydrogen) atoms. The number of anilines is 1. The van der Waals surface area contributed by atoms with Crippen LogP contribution in [-0.4, -0.2) is 16.1 Å². The Balaban J connectivity index is 3.08. The fourth-order valence-corrected chi connectivity index (χ4v) is 0.903. The van der Waals surface area contributed by atoms with Crippen LogP contribution < -0.4 is 5.73 Å². The van der Waals surface area contributed by atoms with Crippen molar-refractivity contribution in [3.8, 4) is 11.8 Å². The molecule has 0 amide bonds. The van der Waals surface area contributed by atoms with Gasteiger partial charge in [-0.25, -0.2) is 9.97 Å². The Morgan fingerprint density at radius 1 is 1.35 bits per heavy atom. The minimum Gasteiger partial charge on any atom is -0.381 e. The number of halogens is 4. The molecule has 0 radical (unpaired) electrons. The van der Waals surface area contributed by atoms with Gasteiger partial charge in [-0.3, -0.25) is 0 Å². The van der Waals surface area contributed by atoms with Crippen LogP contribution in [0.1, 0.15) is 19.5 Å². The third kappa shape index (κ3) is 3.24. The quantitative estimate of drug-likeness (QED) is 0.732. The summed E-state index contributed by atoms with van der Waals surface area (Å²) in [4.78, 5) is 7.34. The van der Waals surface area contributed by atoms with E-state index in [1.165, 1.54) is 6.20 Å². The zero-order chi connectivity index (χ0) is 13.3. The van der Waals surface area contributed by atoms with Gasteiger partial charge in [-0.05, 0) is 19.8 Å². The normalized spacial score (nSPS) is 11.9. The van der Waals surface area contributed by atoms with Gasteiger partial charge in [0.1, 0.15) is 10.6 Å². The molecule has 0 unspecified atom stereocenters. The topological polar surface area (TPSA) is 51.8 Å². The third-order valence-corrected chi connectivity index (χ3v) is 2.15. The van der Waals surface area contributed by atoms with Crippen LogP contribution in [0.5, 0.6) is 0 Å². The largest absolute Gasteiger partial charge is 0.404 e. The van der Waals surface area contributed by atoms with Crippen molar-refractivity contribution in [1.29, 1.82) is 0 Å². The van der Waals surface area contributed by atoms with E-state index < -0.39 is 11.6 Å². The van der Waals surface area contributed by atoms with Gasteiger partial charge in [-0.15, -0.1) is 0 Å². The summed E-state index contributed by atoms with van der Waals surface area (Å²) in [7, 11) is 0. The van der Waals surface area contributed by atoms with Crippen molar-refractivity contribution in [3.05, 3.63) is 17.0 Å². The average Bonchev–Trinajstić information content (AvgIpc) is 2.14. The number of rotatable bonds is 0. The van der Waals surface area contributed by atoms with E-state index in [-0.39, 0.29) is 16.7 Å². The average molecular weight is 264 g/mol. The second-order valence-corrected chi connectivity index (χ2v) is 4.19. The van der Waals surface area contributed by atoms with Crippen LogP contribution in [-0.2, 0) is 0 Å². The maximum Gasteiger partial charge on any atom is 0.404 e. The lowest BCUT2D eigenvalue weighted by molar-refractivity contribution is -0.190. The van der Waals surface area contributed by atoms with Gasteiger partial charge < -0.3 is 5.73 Å². The highest BCUT2D eigenvalue weighted by Gasteiger charge is 2.46. The van der Waals surface area contributed by atoms with E-state index in [9.17, 15) is 13.2 Å². The Hall–Kier alpha value is -1.48. The van der Waals surface area contributed by atoms with E-state index in [0.29, 0.717) is 0 Å². The number of alkyl halides is 3. The molecule has 0 bridgehead atoms. The van der Waals surface area contributed by atoms with E-state index in [1.54, 1.807) is 0 Å². The molecule has 1 heterocycles. The molecule has 92 valence electrons. The van der Waals surface area contributed by atoms with E-state index >= 15 is 0 Å². The summed E-state index contributed by atoms with van der Waals surface area (Å²) >= 11 is 5.50. The predicted octanol–water partition coefficient (Wildman–Crippen LogP) is 2.65. The summed E-state index contributed by atoms with van der Waals surface area (Å²) in [5, 5.41) is 0.0585. The summed E-state index contributed by atoms with van der Waals surface area (Å²) in [6.07, 6.45) is -3.25. The molecule has 1 aromatic heterocycles. The molecule has 0 aromatic carbocycles. The van der Waals surface area contributed by atoms with Crippen LogP contribution in [0.2, 0.25) is 5.15 Å². The lowest BCUT2D eigenvalue weighted by atomic mass is 9.93. The number of hydrogen-bond acceptors (Lipinski definition) is 3. The molecule has 0 aliphatic rings. The number of hydrogen-bond donors (Lipinski definition) is 1. The smallest absolute Gasteiger partial charge is 0.381 e. The van der Waals surface area contributed by atoms with E-state index in [2.05, 4.69) is 21.8 Å². The molecule has 3 nitrogen and oxygen atoms in total. The number of nitrogens with zero attached hydrogens (tertiary/aromatic N) is 2. The summed E-state index contributed by atoms with van der Waals surface area (Å²) in [6.45, 7) is 1.94. The van der Waals surface area contributed by atoms with Crippen LogP contribution in [0.15, 0.2) is 6.20 Å². The first kappa shape index (κ1) is 13.6. The Labute approximate surface area is 101 Å². The molecule has 7 heteroatoms. The molecule has 2 N–H and O–H groups in total. The molecule has 0 spiro atoms. The van der Waals surface area contributed by atoms with Gasteiger partial charge >= 0.3 is 6.18 Å². The monoisotopic (exact) mass is 263 g/mol. The summed E-state index contributed by atoms with van der Waals surface area (Å²) in [6, 6.07) is 0. The predicted molar refractivity (Wildman–Crippen MR) is 58.2 cm³/mol. The van der Waals surface area contributed by atoms with Gasteiger partial charge in [0, 0.05) is 0 Å². The van der Waals surface area contributed by atoms with E-state index in [0.717, 1.165) is 13.8 Å². The Morgan fingerprint density at radius 3 is 2.41 bits per heavy atom. The highest BCUT2D eigenvalue weighted by Crippen LogP contribution is 2.36. The van der Waals surface area contributed by atoms with Crippen molar-refractivity contribution in [2.75, 3.05) is 5.73 Å². The Bertz CT molecular complexity index is 486. The van der Waals surface area contributed by atoms with Crippen molar-refractivity contribution in [1.82, 2.24) is 9.97 Å².